The highest BCUT2D eigenvalue weighted by atomic mass is 19.1. The molecule has 0 aromatic heterocycles. The van der Waals surface area contributed by atoms with Crippen LogP contribution in [0.1, 0.15) is 6.42 Å². The second-order valence-electron chi connectivity index (χ2n) is 3.97. The molecule has 0 saturated carbocycles. The van der Waals surface area contributed by atoms with Crippen LogP contribution in [0.15, 0.2) is 24.3 Å². The number of ether oxygens (including phenoxy) is 1. The lowest BCUT2D eigenvalue weighted by Crippen LogP contribution is -2.28. The lowest BCUT2D eigenvalue weighted by molar-refractivity contribution is -0.117. The number of hydrogen-bond donors (Lipinski definition) is 1. The zero-order valence-electron chi connectivity index (χ0n) is 9.43. The third-order valence-corrected chi connectivity index (χ3v) is 2.65. The average Bonchev–Trinajstić information content (AvgIpc) is 2.66. The maximum Gasteiger partial charge on any atom is 0.228 e. The van der Waals surface area contributed by atoms with Crippen LogP contribution < -0.4 is 15.4 Å². The van der Waals surface area contributed by atoms with Crippen LogP contribution >= 0.6 is 0 Å². The van der Waals surface area contributed by atoms with E-state index in [0.29, 0.717) is 24.4 Å². The van der Waals surface area contributed by atoms with Crippen molar-refractivity contribution >= 4 is 11.6 Å². The number of anilines is 1. The van der Waals surface area contributed by atoms with Gasteiger partial charge in [-0.15, -0.1) is 0 Å². The van der Waals surface area contributed by atoms with Crippen LogP contribution in [0, 0.1) is 0 Å². The lowest BCUT2D eigenvalue weighted by Gasteiger charge is -2.19. The van der Waals surface area contributed by atoms with Gasteiger partial charge in [-0.25, -0.2) is 4.39 Å². The van der Waals surface area contributed by atoms with Gasteiger partial charge in [-0.2, -0.15) is 0 Å². The molecule has 0 radical (unpaired) electrons. The number of nitrogens with two attached hydrogens (primary N) is 1. The van der Waals surface area contributed by atoms with E-state index in [1.54, 1.807) is 23.1 Å². The molecular weight excluding hydrogens is 223 g/mol. The average molecular weight is 238 g/mol. The summed E-state index contributed by atoms with van der Waals surface area (Å²) < 4.78 is 17.4. The van der Waals surface area contributed by atoms with Crippen molar-refractivity contribution in [1.29, 1.82) is 0 Å². The fraction of sp³-hybridized carbons (Fsp3) is 0.417. The Morgan fingerprint density at radius 2 is 2.24 bits per heavy atom. The second kappa shape index (κ2) is 5.14. The molecule has 2 rings (SSSR count). The first-order valence-electron chi connectivity index (χ1n) is 5.56. The first-order chi connectivity index (χ1) is 8.22. The summed E-state index contributed by atoms with van der Waals surface area (Å²) in [5.74, 6) is 0.501. The van der Waals surface area contributed by atoms with Crippen molar-refractivity contribution in [2.45, 2.75) is 12.5 Å². The zero-order chi connectivity index (χ0) is 12.3. The summed E-state index contributed by atoms with van der Waals surface area (Å²) in [5.41, 5.74) is 6.41. The molecular formula is C12H15FN2O2. The second-order valence-corrected chi connectivity index (χ2v) is 3.97. The lowest BCUT2D eigenvalue weighted by atomic mass is 10.2. The van der Waals surface area contributed by atoms with E-state index in [1.165, 1.54) is 0 Å². The molecule has 1 fully saturated rings. The van der Waals surface area contributed by atoms with Gasteiger partial charge in [0.15, 0.2) is 0 Å². The summed E-state index contributed by atoms with van der Waals surface area (Å²) in [5, 5.41) is 0. The van der Waals surface area contributed by atoms with Crippen LogP contribution in [0.4, 0.5) is 10.1 Å². The Morgan fingerprint density at radius 1 is 1.47 bits per heavy atom. The fourth-order valence-electron chi connectivity index (χ4n) is 1.92. The Hall–Kier alpha value is -1.62. The maximum absolute atomic E-state index is 12.1. The summed E-state index contributed by atoms with van der Waals surface area (Å²) in [6, 6.07) is 6.97. The molecule has 92 valence electrons. The van der Waals surface area contributed by atoms with E-state index < -0.39 is 6.67 Å². The molecule has 1 saturated heterocycles. The molecule has 1 aromatic rings. The maximum atomic E-state index is 12.1. The van der Waals surface area contributed by atoms with Gasteiger partial charge in [-0.1, -0.05) is 12.1 Å². The Morgan fingerprint density at radius 3 is 2.88 bits per heavy atom. The first-order valence-corrected chi connectivity index (χ1v) is 5.56. The van der Waals surface area contributed by atoms with Crippen molar-refractivity contribution in [2.75, 3.05) is 24.7 Å². The summed E-state index contributed by atoms with van der Waals surface area (Å²) in [6.07, 6.45) is 0.345. The molecule has 1 atom stereocenters. The number of carbonyl (C=O) groups excluding carboxylic acids is 1. The summed E-state index contributed by atoms with van der Waals surface area (Å²) >= 11 is 0. The molecule has 1 aliphatic heterocycles. The molecule has 0 bridgehead atoms. The molecule has 2 N–H and O–H groups in total. The van der Waals surface area contributed by atoms with Crippen LogP contribution in [0.5, 0.6) is 5.75 Å². The predicted octanol–water partition coefficient (Wildman–Crippen LogP) is 1.10. The first kappa shape index (κ1) is 11.9. The molecule has 1 unspecified atom stereocenters. The topological polar surface area (TPSA) is 55.6 Å². The standard InChI is InChI=1S/C12H15FN2O2/c13-5-6-17-11-4-2-1-3-10(11)15-8-9(14)7-12(15)16/h1-4,9H,5-8,14H2. The van der Waals surface area contributed by atoms with Crippen molar-refractivity contribution < 1.29 is 13.9 Å². The highest BCUT2D eigenvalue weighted by Gasteiger charge is 2.29. The Labute approximate surface area is 99.2 Å². The normalized spacial score (nSPS) is 19.8. The van der Waals surface area contributed by atoms with Gasteiger partial charge >= 0.3 is 0 Å². The van der Waals surface area contributed by atoms with Crippen molar-refractivity contribution in [3.63, 3.8) is 0 Å². The molecule has 1 heterocycles. The van der Waals surface area contributed by atoms with Crippen LogP contribution in [0.2, 0.25) is 0 Å². The number of carbonyl (C=O) groups is 1. The van der Waals surface area contributed by atoms with E-state index in [9.17, 15) is 9.18 Å². The Balaban J connectivity index is 2.22. The molecule has 17 heavy (non-hydrogen) atoms. The summed E-state index contributed by atoms with van der Waals surface area (Å²) in [4.78, 5) is 13.3. The summed E-state index contributed by atoms with van der Waals surface area (Å²) in [7, 11) is 0. The molecule has 5 heteroatoms. The largest absolute Gasteiger partial charge is 0.489 e. The quantitative estimate of drug-likeness (QED) is 0.854. The monoisotopic (exact) mass is 238 g/mol. The minimum Gasteiger partial charge on any atom is -0.489 e. The minimum absolute atomic E-state index is 0.00883. The molecule has 1 aromatic carbocycles. The number of halogens is 1. The van der Waals surface area contributed by atoms with Gasteiger partial charge in [-0.05, 0) is 12.1 Å². The van der Waals surface area contributed by atoms with Crippen LogP contribution in [-0.4, -0.2) is 31.8 Å². The number of nitrogens with zero attached hydrogens (tertiary/aromatic N) is 1. The van der Waals surface area contributed by atoms with E-state index in [1.807, 2.05) is 6.07 Å². The fourth-order valence-corrected chi connectivity index (χ4v) is 1.92. The van der Waals surface area contributed by atoms with Gasteiger partial charge in [0.1, 0.15) is 19.0 Å². The van der Waals surface area contributed by atoms with E-state index in [2.05, 4.69) is 0 Å². The number of benzene rings is 1. The number of hydrogen-bond acceptors (Lipinski definition) is 3. The van der Waals surface area contributed by atoms with Gasteiger partial charge in [0, 0.05) is 19.0 Å². The van der Waals surface area contributed by atoms with E-state index in [-0.39, 0.29) is 18.6 Å². The molecule has 1 aliphatic rings. The molecule has 4 nitrogen and oxygen atoms in total. The van der Waals surface area contributed by atoms with Gasteiger partial charge < -0.3 is 15.4 Å². The van der Waals surface area contributed by atoms with Gasteiger partial charge in [0.2, 0.25) is 5.91 Å². The predicted molar refractivity (Wildman–Crippen MR) is 62.9 cm³/mol. The van der Waals surface area contributed by atoms with Crippen LogP contribution in [0.3, 0.4) is 0 Å². The van der Waals surface area contributed by atoms with Crippen molar-refractivity contribution in [2.24, 2.45) is 5.73 Å². The van der Waals surface area contributed by atoms with Crippen molar-refractivity contribution in [3.05, 3.63) is 24.3 Å². The van der Waals surface area contributed by atoms with Crippen LogP contribution in [0.25, 0.3) is 0 Å². The van der Waals surface area contributed by atoms with E-state index >= 15 is 0 Å². The highest BCUT2D eigenvalue weighted by Crippen LogP contribution is 2.30. The molecule has 1 amide bonds. The molecule has 0 spiro atoms. The molecule has 0 aliphatic carbocycles. The minimum atomic E-state index is -0.554. The van der Waals surface area contributed by atoms with Crippen molar-refractivity contribution in [3.8, 4) is 5.75 Å². The summed E-state index contributed by atoms with van der Waals surface area (Å²) in [6.45, 7) is -0.0816. The van der Waals surface area contributed by atoms with Gasteiger partial charge in [-0.3, -0.25) is 4.79 Å². The number of alkyl halides is 1. The van der Waals surface area contributed by atoms with E-state index in [0.717, 1.165) is 0 Å². The smallest absolute Gasteiger partial charge is 0.228 e. The highest BCUT2D eigenvalue weighted by molar-refractivity contribution is 5.97. The third kappa shape index (κ3) is 2.55. The number of rotatable bonds is 4. The van der Waals surface area contributed by atoms with Crippen LogP contribution in [-0.2, 0) is 4.79 Å². The number of amides is 1. The van der Waals surface area contributed by atoms with E-state index in [4.69, 9.17) is 10.5 Å². The Bertz CT molecular complexity index is 411. The third-order valence-electron chi connectivity index (χ3n) is 2.65. The Kier molecular flexibility index (Phi) is 3.58. The zero-order valence-corrected chi connectivity index (χ0v) is 9.43. The van der Waals surface area contributed by atoms with Gasteiger partial charge in [0.25, 0.3) is 0 Å². The number of para-hydroxylation sites is 2. The van der Waals surface area contributed by atoms with Gasteiger partial charge in [0.05, 0.1) is 5.69 Å². The van der Waals surface area contributed by atoms with Crippen molar-refractivity contribution in [1.82, 2.24) is 0 Å². The SMILES string of the molecule is NC1CC(=O)N(c2ccccc2OCCF)C1.